The third-order valence-electron chi connectivity index (χ3n) is 2.51. The van der Waals surface area contributed by atoms with Crippen LogP contribution in [0.2, 0.25) is 10.0 Å². The lowest BCUT2D eigenvalue weighted by Gasteiger charge is -2.06. The van der Waals surface area contributed by atoms with Gasteiger partial charge in [0, 0.05) is 29.7 Å². The highest BCUT2D eigenvalue weighted by atomic mass is 35.5. The van der Waals surface area contributed by atoms with Gasteiger partial charge in [0.25, 0.3) is 0 Å². The summed E-state index contributed by atoms with van der Waals surface area (Å²) in [6, 6.07) is 6.87. The first-order valence-corrected chi connectivity index (χ1v) is 5.79. The molecule has 0 aliphatic rings. The van der Waals surface area contributed by atoms with Gasteiger partial charge in [0.15, 0.2) is 5.78 Å². The molecule has 0 saturated carbocycles. The molecule has 0 amide bonds. The van der Waals surface area contributed by atoms with Crippen LogP contribution in [0.15, 0.2) is 30.5 Å². The van der Waals surface area contributed by atoms with E-state index in [2.05, 4.69) is 5.10 Å². The molecular formula is C12H10Cl2N2O. The molecule has 0 aliphatic carbocycles. The van der Waals surface area contributed by atoms with Crippen molar-refractivity contribution in [3.8, 4) is 0 Å². The Kier molecular flexibility index (Phi) is 3.50. The predicted molar refractivity (Wildman–Crippen MR) is 67.7 cm³/mol. The molecule has 0 saturated heterocycles. The van der Waals surface area contributed by atoms with Crippen molar-refractivity contribution >= 4 is 29.0 Å². The molecule has 3 nitrogen and oxygen atoms in total. The Morgan fingerprint density at radius 1 is 1.29 bits per heavy atom. The van der Waals surface area contributed by atoms with Gasteiger partial charge < -0.3 is 0 Å². The maximum Gasteiger partial charge on any atom is 0.185 e. The Hall–Kier alpha value is -1.32. The van der Waals surface area contributed by atoms with Crippen LogP contribution in [0.25, 0.3) is 0 Å². The van der Waals surface area contributed by atoms with Gasteiger partial charge in [-0.1, -0.05) is 29.3 Å². The molecule has 0 bridgehead atoms. The predicted octanol–water partition coefficient (Wildman–Crippen LogP) is 3.15. The van der Waals surface area contributed by atoms with Gasteiger partial charge in [-0.2, -0.15) is 5.10 Å². The average molecular weight is 269 g/mol. The van der Waals surface area contributed by atoms with Crippen LogP contribution in [0.5, 0.6) is 0 Å². The summed E-state index contributed by atoms with van der Waals surface area (Å²) in [6.07, 6.45) is 1.76. The van der Waals surface area contributed by atoms with Gasteiger partial charge >= 0.3 is 0 Å². The molecule has 0 aliphatic heterocycles. The molecule has 1 aromatic carbocycles. The molecule has 2 rings (SSSR count). The lowest BCUT2D eigenvalue weighted by molar-refractivity contribution is 0.0984. The highest BCUT2D eigenvalue weighted by Gasteiger charge is 2.14. The average Bonchev–Trinajstić information content (AvgIpc) is 2.70. The molecule has 0 unspecified atom stereocenters. The molecular weight excluding hydrogens is 259 g/mol. The molecule has 1 heterocycles. The van der Waals surface area contributed by atoms with Gasteiger partial charge in [-0.25, -0.2) is 0 Å². The number of benzene rings is 1. The lowest BCUT2D eigenvalue weighted by Crippen LogP contribution is -2.10. The van der Waals surface area contributed by atoms with E-state index in [-0.39, 0.29) is 12.2 Å². The van der Waals surface area contributed by atoms with Gasteiger partial charge in [0.05, 0.1) is 0 Å². The van der Waals surface area contributed by atoms with Crippen LogP contribution in [-0.4, -0.2) is 15.6 Å². The van der Waals surface area contributed by atoms with Gasteiger partial charge in [-0.05, 0) is 23.8 Å². The normalized spacial score (nSPS) is 10.5. The van der Waals surface area contributed by atoms with E-state index in [1.165, 1.54) is 4.68 Å². The van der Waals surface area contributed by atoms with Gasteiger partial charge in [0.2, 0.25) is 0 Å². The summed E-state index contributed by atoms with van der Waals surface area (Å²) >= 11 is 12.0. The second kappa shape index (κ2) is 4.90. The zero-order valence-corrected chi connectivity index (χ0v) is 10.7. The number of ketones is 1. The number of carbonyl (C=O) groups is 1. The van der Waals surface area contributed by atoms with Gasteiger partial charge in [0.1, 0.15) is 5.69 Å². The minimum atomic E-state index is -0.0556. The highest BCUT2D eigenvalue weighted by Crippen LogP contribution is 2.25. The van der Waals surface area contributed by atoms with E-state index in [1.54, 1.807) is 37.5 Å². The van der Waals surface area contributed by atoms with Crippen molar-refractivity contribution in [2.45, 2.75) is 6.42 Å². The fourth-order valence-corrected chi connectivity index (χ4v) is 2.13. The first-order valence-electron chi connectivity index (χ1n) is 5.03. The summed E-state index contributed by atoms with van der Waals surface area (Å²) in [4.78, 5) is 12.0. The summed E-state index contributed by atoms with van der Waals surface area (Å²) in [6.45, 7) is 0. The third-order valence-corrected chi connectivity index (χ3v) is 3.21. The second-order valence-electron chi connectivity index (χ2n) is 3.64. The number of aromatic nitrogens is 2. The lowest BCUT2D eigenvalue weighted by atomic mass is 10.1. The Balaban J connectivity index is 2.28. The minimum absolute atomic E-state index is 0.0556. The molecule has 0 N–H and O–H groups in total. The number of aryl methyl sites for hydroxylation is 1. The topological polar surface area (TPSA) is 34.9 Å². The Bertz CT molecular complexity index is 543. The number of Topliss-reactive ketones (excluding diaryl/α,β-unsaturated/α-hetero) is 1. The number of carbonyl (C=O) groups excluding carboxylic acids is 1. The van der Waals surface area contributed by atoms with E-state index in [9.17, 15) is 4.79 Å². The molecule has 88 valence electrons. The van der Waals surface area contributed by atoms with E-state index in [0.717, 1.165) is 0 Å². The molecule has 1 aromatic heterocycles. The standard InChI is InChI=1S/C12H10Cl2N2O/c1-16-11(5-6-15-16)12(17)7-8-9(13)3-2-4-10(8)14/h2-6H,7H2,1H3. The molecule has 17 heavy (non-hydrogen) atoms. The summed E-state index contributed by atoms with van der Waals surface area (Å²) in [5, 5.41) is 4.97. The van der Waals surface area contributed by atoms with Crippen molar-refractivity contribution < 1.29 is 4.79 Å². The third kappa shape index (κ3) is 2.51. The summed E-state index contributed by atoms with van der Waals surface area (Å²) in [7, 11) is 1.72. The van der Waals surface area contributed by atoms with Gasteiger partial charge in [-0.3, -0.25) is 9.48 Å². The Labute approximate surface area is 109 Å². The van der Waals surface area contributed by atoms with E-state index < -0.39 is 0 Å². The maximum absolute atomic E-state index is 12.0. The smallest absolute Gasteiger partial charge is 0.185 e. The SMILES string of the molecule is Cn1nccc1C(=O)Cc1c(Cl)cccc1Cl. The van der Waals surface area contributed by atoms with Crippen LogP contribution >= 0.6 is 23.2 Å². The number of hydrogen-bond donors (Lipinski definition) is 0. The van der Waals surface area contributed by atoms with E-state index in [4.69, 9.17) is 23.2 Å². The van der Waals surface area contributed by atoms with Crippen molar-refractivity contribution in [1.29, 1.82) is 0 Å². The number of hydrogen-bond acceptors (Lipinski definition) is 2. The maximum atomic E-state index is 12.0. The van der Waals surface area contributed by atoms with E-state index in [1.807, 2.05) is 0 Å². The summed E-state index contributed by atoms with van der Waals surface area (Å²) < 4.78 is 1.53. The van der Waals surface area contributed by atoms with E-state index >= 15 is 0 Å². The monoisotopic (exact) mass is 268 g/mol. The Morgan fingerprint density at radius 3 is 2.47 bits per heavy atom. The van der Waals surface area contributed by atoms with Crippen LogP contribution in [0.3, 0.4) is 0 Å². The quantitative estimate of drug-likeness (QED) is 0.802. The zero-order valence-electron chi connectivity index (χ0n) is 9.15. The number of rotatable bonds is 3. The van der Waals surface area contributed by atoms with Crippen LogP contribution < -0.4 is 0 Å². The molecule has 0 fully saturated rings. The first-order chi connectivity index (χ1) is 8.09. The van der Waals surface area contributed by atoms with Crippen molar-refractivity contribution in [2.24, 2.45) is 7.05 Å². The van der Waals surface area contributed by atoms with E-state index in [0.29, 0.717) is 21.3 Å². The van der Waals surface area contributed by atoms with Gasteiger partial charge in [-0.15, -0.1) is 0 Å². The van der Waals surface area contributed by atoms with Crippen LogP contribution in [0.4, 0.5) is 0 Å². The minimum Gasteiger partial charge on any atom is -0.292 e. The number of halogens is 2. The first kappa shape index (κ1) is 12.1. The van der Waals surface area contributed by atoms with Crippen molar-refractivity contribution in [3.63, 3.8) is 0 Å². The molecule has 5 heteroatoms. The second-order valence-corrected chi connectivity index (χ2v) is 4.45. The highest BCUT2D eigenvalue weighted by molar-refractivity contribution is 6.36. The zero-order chi connectivity index (χ0) is 12.4. The Morgan fingerprint density at radius 2 is 1.94 bits per heavy atom. The summed E-state index contributed by atoms with van der Waals surface area (Å²) in [5.41, 5.74) is 1.20. The molecule has 0 radical (unpaired) electrons. The van der Waals surface area contributed by atoms with Crippen molar-refractivity contribution in [3.05, 3.63) is 51.8 Å². The van der Waals surface area contributed by atoms with Crippen molar-refractivity contribution in [1.82, 2.24) is 9.78 Å². The van der Waals surface area contributed by atoms with Crippen molar-refractivity contribution in [2.75, 3.05) is 0 Å². The molecule has 0 spiro atoms. The fourth-order valence-electron chi connectivity index (χ4n) is 1.60. The largest absolute Gasteiger partial charge is 0.292 e. The fraction of sp³-hybridized carbons (Fsp3) is 0.167. The summed E-state index contributed by atoms with van der Waals surface area (Å²) in [5.74, 6) is -0.0556. The number of nitrogens with zero attached hydrogens (tertiary/aromatic N) is 2. The van der Waals surface area contributed by atoms with Crippen LogP contribution in [0.1, 0.15) is 16.1 Å². The van der Waals surface area contributed by atoms with Crippen LogP contribution in [-0.2, 0) is 13.5 Å². The molecule has 2 aromatic rings. The van der Waals surface area contributed by atoms with Crippen LogP contribution in [0, 0.1) is 0 Å². The molecule has 0 atom stereocenters.